The summed E-state index contributed by atoms with van der Waals surface area (Å²) in [6.07, 6.45) is -0.513. The Labute approximate surface area is 401 Å². The van der Waals surface area contributed by atoms with Gasteiger partial charge in [0.2, 0.25) is 0 Å². The molecule has 2 heterocycles. The number of imidazole rings is 1. The van der Waals surface area contributed by atoms with Crippen molar-refractivity contribution in [1.29, 1.82) is 0 Å². The molecule has 0 fully saturated rings. The van der Waals surface area contributed by atoms with E-state index in [4.69, 9.17) is 14.6 Å². The number of hydrogen-bond donors (Lipinski definition) is 1. The Balaban J connectivity index is 1.48. The van der Waals surface area contributed by atoms with Crippen LogP contribution in [0.25, 0.3) is 72.7 Å². The van der Waals surface area contributed by atoms with Crippen LogP contribution < -0.4 is 0 Å². The minimum atomic E-state index is -1.04. The third-order valence-electron chi connectivity index (χ3n) is 12.3. The second-order valence-corrected chi connectivity index (χ2v) is 21.6. The first-order valence-corrected chi connectivity index (χ1v) is 22.5. The summed E-state index contributed by atoms with van der Waals surface area (Å²) in [7, 11) is 0. The summed E-state index contributed by atoms with van der Waals surface area (Å²) in [5.41, 5.74) is 9.12. The highest BCUT2D eigenvalue weighted by Gasteiger charge is 2.30. The van der Waals surface area contributed by atoms with Crippen LogP contribution in [0, 0.1) is 0 Å². The lowest BCUT2D eigenvalue weighted by atomic mass is 9.79. The number of phenols is 1. The number of aromatic hydroxyl groups is 1. The predicted octanol–water partition coefficient (Wildman–Crippen LogP) is 16.8. The van der Waals surface area contributed by atoms with Crippen LogP contribution in [0.15, 0.2) is 139 Å². The van der Waals surface area contributed by atoms with Gasteiger partial charge in [-0.25, -0.2) is 4.98 Å². The van der Waals surface area contributed by atoms with E-state index in [1.54, 1.807) is 0 Å². The third-order valence-corrected chi connectivity index (χ3v) is 12.3. The molecule has 4 nitrogen and oxygen atoms in total. The van der Waals surface area contributed by atoms with Gasteiger partial charge >= 0.3 is 0 Å². The van der Waals surface area contributed by atoms with Crippen molar-refractivity contribution in [2.75, 3.05) is 0 Å². The Morgan fingerprint density at radius 3 is 1.88 bits per heavy atom. The fourth-order valence-electron chi connectivity index (χ4n) is 8.58. The van der Waals surface area contributed by atoms with Gasteiger partial charge in [0.1, 0.15) is 11.6 Å². The SMILES string of the molecule is [2H]c1nc(-c2cc(-c3cccc4c3nc(-c3cc(C(C)(C)C)cc(C(C)(C)C)c3O)n4-c3ccc(-c4ccccc4C(C)(C)C)c(C([2H])(C)C)c3)cc(C(C)(C)C)c2)c([2H])c(-c2c([2H])c([2H])c([2H])c([2H])c2[2H])c1[2H]. The van der Waals surface area contributed by atoms with Crippen molar-refractivity contribution in [2.45, 2.75) is 124 Å². The molecule has 0 saturated heterocycles. The topological polar surface area (TPSA) is 50.9 Å². The van der Waals surface area contributed by atoms with Crippen molar-refractivity contribution in [2.24, 2.45) is 0 Å². The van der Waals surface area contributed by atoms with Gasteiger partial charge in [-0.15, -0.1) is 0 Å². The summed E-state index contributed by atoms with van der Waals surface area (Å²) in [5.74, 6) is -0.432. The second-order valence-electron chi connectivity index (χ2n) is 21.6. The Morgan fingerprint density at radius 2 is 1.22 bits per heavy atom. The molecule has 0 unspecified atom stereocenters. The summed E-state index contributed by atoms with van der Waals surface area (Å²) in [6, 6.07) is 26.6. The average Bonchev–Trinajstić information content (AvgIpc) is 3.70. The number of rotatable bonds is 7. The van der Waals surface area contributed by atoms with Crippen molar-refractivity contribution < 1.29 is 17.4 Å². The Kier molecular flexibility index (Phi) is 8.97. The first kappa shape index (κ1) is 35.1. The molecule has 1 N–H and O–H groups in total. The number of aromatic nitrogens is 3. The monoisotopic (exact) mass is 867 g/mol. The third kappa shape index (κ3) is 8.93. The molecule has 6 aromatic carbocycles. The van der Waals surface area contributed by atoms with Gasteiger partial charge in [0.15, 0.2) is 0 Å². The Hall–Kier alpha value is -6.26. The maximum absolute atomic E-state index is 12.6. The highest BCUT2D eigenvalue weighted by Crippen LogP contribution is 2.46. The molecule has 0 atom stereocenters. The van der Waals surface area contributed by atoms with Crippen LogP contribution in [0.4, 0.5) is 0 Å². The summed E-state index contributed by atoms with van der Waals surface area (Å²) in [4.78, 5) is 10.0. The lowest BCUT2D eigenvalue weighted by Gasteiger charge is -2.28. The molecule has 0 aliphatic heterocycles. The molecule has 0 spiro atoms. The van der Waals surface area contributed by atoms with E-state index in [-0.39, 0.29) is 39.4 Å². The van der Waals surface area contributed by atoms with Gasteiger partial charge < -0.3 is 5.11 Å². The highest BCUT2D eigenvalue weighted by molar-refractivity contribution is 5.97. The van der Waals surface area contributed by atoms with Crippen molar-refractivity contribution >= 4 is 11.0 Å². The lowest BCUT2D eigenvalue weighted by Crippen LogP contribution is -2.17. The normalized spacial score (nSPS) is 14.8. The maximum Gasteiger partial charge on any atom is 0.149 e. The number of para-hydroxylation sites is 1. The fraction of sp³-hybridized carbons (Fsp3) is 0.311. The van der Waals surface area contributed by atoms with Crippen molar-refractivity contribution in [3.63, 3.8) is 0 Å². The smallest absolute Gasteiger partial charge is 0.149 e. The van der Waals surface area contributed by atoms with E-state index in [0.29, 0.717) is 28.0 Å². The number of fused-ring (bicyclic) bond motifs is 1. The van der Waals surface area contributed by atoms with Gasteiger partial charge in [-0.05, 0) is 126 Å². The van der Waals surface area contributed by atoms with Gasteiger partial charge in [-0.1, -0.05) is 182 Å². The van der Waals surface area contributed by atoms with Crippen LogP contribution in [0.5, 0.6) is 5.75 Å². The van der Waals surface area contributed by atoms with Crippen molar-refractivity contribution in [3.05, 3.63) is 167 Å². The van der Waals surface area contributed by atoms with E-state index in [1.165, 1.54) is 5.56 Å². The molecule has 8 aromatic rings. The molecule has 0 aliphatic carbocycles. The second kappa shape index (κ2) is 16.6. The largest absolute Gasteiger partial charge is 0.507 e. The molecule has 65 heavy (non-hydrogen) atoms. The average molecular weight is 867 g/mol. The first-order valence-electron chi connectivity index (χ1n) is 27.0. The van der Waals surface area contributed by atoms with Crippen molar-refractivity contribution in [3.8, 4) is 67.5 Å². The quantitative estimate of drug-likeness (QED) is 0.174. The lowest BCUT2D eigenvalue weighted by molar-refractivity contribution is 0.446. The van der Waals surface area contributed by atoms with E-state index in [0.717, 1.165) is 50.1 Å². The van der Waals surface area contributed by atoms with Crippen LogP contribution in [0.2, 0.25) is 0 Å². The van der Waals surface area contributed by atoms with E-state index in [1.807, 2.05) is 56.3 Å². The summed E-state index contributed by atoms with van der Waals surface area (Å²) >= 11 is 0. The molecular formula is C61H67N3O. The molecule has 0 saturated carbocycles. The van der Waals surface area contributed by atoms with E-state index in [9.17, 15) is 7.85 Å². The van der Waals surface area contributed by atoms with Gasteiger partial charge in [-0.2, -0.15) is 0 Å². The van der Waals surface area contributed by atoms with Crippen LogP contribution >= 0.6 is 0 Å². The van der Waals surface area contributed by atoms with Crippen LogP contribution in [-0.4, -0.2) is 19.6 Å². The predicted molar refractivity (Wildman–Crippen MR) is 277 cm³/mol. The first-order chi connectivity index (χ1) is 34.1. The van der Waals surface area contributed by atoms with Crippen molar-refractivity contribution in [1.82, 2.24) is 14.5 Å². The van der Waals surface area contributed by atoms with E-state index >= 15 is 0 Å². The zero-order valence-corrected chi connectivity index (χ0v) is 40.4. The van der Waals surface area contributed by atoms with Gasteiger partial charge in [0.05, 0.1) is 33.3 Å². The van der Waals surface area contributed by atoms with Crippen LogP contribution in [0.3, 0.4) is 0 Å². The molecule has 0 radical (unpaired) electrons. The van der Waals surface area contributed by atoms with Gasteiger partial charge in [0, 0.05) is 29.9 Å². The highest BCUT2D eigenvalue weighted by atomic mass is 16.3. The summed E-state index contributed by atoms with van der Waals surface area (Å²) in [6.45, 7) is 29.3. The number of hydrogen-bond acceptors (Lipinski definition) is 3. The standard InChI is InChI=1S/C61H67N3O/c1-38(2)49-37-45(27-28-47(49)48-23-18-19-25-51(48)60(9,10)11)64-54-26-20-24-46(55(54)63-57(64)50-35-44(59(6,7)8)36-52(56(50)65)61(12,13)14)41-31-42(33-43(32-41)58(3,4)5)53-34-40(29-30-62-53)39-21-16-15-17-22-39/h15-38,65H,1-14H3/i15D,16D,17D,21D,22D,29D,30D,34D,38D. The molecular weight excluding hydrogens is 791 g/mol. The maximum atomic E-state index is 12.6. The molecule has 0 aliphatic rings. The number of nitrogens with zero attached hydrogens (tertiary/aromatic N) is 3. The van der Waals surface area contributed by atoms with Gasteiger partial charge in [-0.3, -0.25) is 9.55 Å². The zero-order valence-electron chi connectivity index (χ0n) is 49.4. The van der Waals surface area contributed by atoms with E-state index < -0.39 is 59.2 Å². The number of phenolic OH excluding ortho intramolecular Hbond substituents is 1. The minimum absolute atomic E-state index is 0.0100. The van der Waals surface area contributed by atoms with E-state index in [2.05, 4.69) is 141 Å². The summed E-state index contributed by atoms with van der Waals surface area (Å²) in [5, 5.41) is 12.6. The van der Waals surface area contributed by atoms with Gasteiger partial charge in [0.25, 0.3) is 0 Å². The Morgan fingerprint density at radius 1 is 0.569 bits per heavy atom. The molecule has 0 amide bonds. The molecule has 2 aromatic heterocycles. The Bertz CT molecular complexity index is 3550. The molecule has 8 rings (SSSR count). The number of benzene rings is 6. The van der Waals surface area contributed by atoms with Crippen LogP contribution in [-0.2, 0) is 21.7 Å². The number of pyridine rings is 1. The fourth-order valence-corrected chi connectivity index (χ4v) is 8.58. The zero-order chi connectivity index (χ0) is 54.7. The molecule has 4 heteroatoms. The van der Waals surface area contributed by atoms with Crippen LogP contribution in [0.1, 0.15) is 143 Å². The summed E-state index contributed by atoms with van der Waals surface area (Å²) < 4.78 is 81.5. The molecule has 0 bridgehead atoms. The minimum Gasteiger partial charge on any atom is -0.507 e. The molecule has 332 valence electrons.